The van der Waals surface area contributed by atoms with Gasteiger partial charge in [-0.1, -0.05) is 0 Å². The molecule has 0 saturated carbocycles. The zero-order valence-corrected chi connectivity index (χ0v) is 6.69. The summed E-state index contributed by atoms with van der Waals surface area (Å²) in [6, 6.07) is 0. The molecule has 0 radical (unpaired) electrons. The molecule has 0 aliphatic heterocycles. The van der Waals surface area contributed by atoms with Gasteiger partial charge in [-0.3, -0.25) is 4.55 Å². The number of hydrogen-bond donors (Lipinski definition) is 2. The van der Waals surface area contributed by atoms with Crippen LogP contribution in [0.4, 0.5) is 0 Å². The van der Waals surface area contributed by atoms with E-state index in [0.717, 1.165) is 0 Å². The van der Waals surface area contributed by atoms with Crippen LogP contribution in [0.5, 0.6) is 0 Å². The summed E-state index contributed by atoms with van der Waals surface area (Å²) in [6.07, 6.45) is 0. The molecule has 0 aliphatic carbocycles. The Balaban J connectivity index is 5.68. The first-order valence-corrected chi connectivity index (χ1v) is 6.79. The van der Waals surface area contributed by atoms with Crippen molar-refractivity contribution >= 4 is 26.8 Å². The van der Waals surface area contributed by atoms with E-state index in [0.29, 0.717) is 0 Å². The summed E-state index contributed by atoms with van der Waals surface area (Å²) in [6.45, 7) is 0. The second-order valence-electron chi connectivity index (χ2n) is 1.08. The van der Waals surface area contributed by atoms with Gasteiger partial charge in [0.1, 0.15) is 0 Å². The van der Waals surface area contributed by atoms with Crippen molar-refractivity contribution < 1.29 is 29.8 Å². The molecule has 0 aromatic heterocycles. The zero-order valence-electron chi connectivity index (χ0n) is 4.16. The Morgan fingerprint density at radius 1 is 1.00 bits per heavy atom. The molecule has 1 N–H and O–H groups in total. The first kappa shape index (κ1) is 9.81. The van der Waals surface area contributed by atoms with E-state index < -0.39 is 26.8 Å². The third-order valence-corrected chi connectivity index (χ3v) is 6.83. The topological polar surface area (TPSA) is 123 Å². The summed E-state index contributed by atoms with van der Waals surface area (Å²) in [5.74, 6) is 0. The lowest BCUT2D eigenvalue weighted by Gasteiger charge is -1.86. The quantitative estimate of drug-likeness (QED) is 0.299. The second kappa shape index (κ2) is 2.45. The van der Waals surface area contributed by atoms with Gasteiger partial charge in [0, 0.05) is 0 Å². The number of rotatable bonds is 2. The second-order valence-corrected chi connectivity index (χ2v) is 8.90. The molecule has 10 heteroatoms. The first-order chi connectivity index (χ1) is 4.19. The molecule has 0 unspecified atom stereocenters. The Morgan fingerprint density at radius 3 is 1.30 bits per heavy atom. The highest BCUT2D eigenvalue weighted by Crippen LogP contribution is 1.98. The minimum atomic E-state index is -5.53. The highest BCUT2D eigenvalue weighted by atomic mass is 33.6. The fourth-order valence-corrected chi connectivity index (χ4v) is 2.08. The Kier molecular flexibility index (Phi) is 2.40. The molecular weight excluding hydrogens is 208 g/mol. The van der Waals surface area contributed by atoms with Crippen LogP contribution >= 0.6 is 0 Å². The van der Waals surface area contributed by atoms with Crippen LogP contribution in [-0.4, -0.2) is 29.8 Å². The molecule has 0 atom stereocenters. The van der Waals surface area contributed by atoms with Crippen LogP contribution in [0.25, 0.3) is 0 Å². The maximum Gasteiger partial charge on any atom is 0.386 e. The third kappa shape index (κ3) is 1.65. The third-order valence-electron chi connectivity index (χ3n) is 0.449. The van der Waals surface area contributed by atoms with Gasteiger partial charge < -0.3 is 0 Å². The van der Waals surface area contributed by atoms with Crippen LogP contribution in [0.3, 0.4) is 0 Å². The van der Waals surface area contributed by atoms with Crippen molar-refractivity contribution in [3.63, 3.8) is 0 Å². The van der Waals surface area contributed by atoms with Crippen molar-refractivity contribution in [2.75, 3.05) is 0 Å². The number of thiol groups is 1. The van der Waals surface area contributed by atoms with Gasteiger partial charge in [-0.15, -0.1) is 0 Å². The van der Waals surface area contributed by atoms with E-state index in [2.05, 4.69) is 0 Å². The molecule has 10 heavy (non-hydrogen) atoms. The summed E-state index contributed by atoms with van der Waals surface area (Å²) >= 11 is 0. The molecule has 0 rings (SSSR count). The highest BCUT2D eigenvalue weighted by Gasteiger charge is 2.30. The van der Waals surface area contributed by atoms with Gasteiger partial charge >= 0.3 is 17.1 Å². The van der Waals surface area contributed by atoms with Gasteiger partial charge in [0.2, 0.25) is 0 Å². The van der Waals surface area contributed by atoms with E-state index in [4.69, 9.17) is 4.55 Å². The van der Waals surface area contributed by atoms with Crippen LogP contribution in [0, 0.1) is 0 Å². The predicted octanol–water partition coefficient (Wildman–Crippen LogP) is -2.27. The van der Waals surface area contributed by atoms with Gasteiger partial charge in [-0.25, -0.2) is 8.42 Å². The van der Waals surface area contributed by atoms with Crippen LogP contribution < -0.4 is 0 Å². The lowest BCUT2D eigenvalue weighted by molar-refractivity contribution is 0.494. The maximum atomic E-state index is 9.92. The van der Waals surface area contributed by atoms with Crippen molar-refractivity contribution in [2.24, 2.45) is 0 Å². The molecule has 7 nitrogen and oxygen atoms in total. The Bertz CT molecular complexity index is 365. The predicted molar refractivity (Wildman–Crippen MR) is 30.8 cm³/mol. The van der Waals surface area contributed by atoms with E-state index in [1.807, 2.05) is 0 Å². The Labute approximate surface area is 57.1 Å². The fraction of sp³-hybridized carbons (Fsp3) is 0. The van der Waals surface area contributed by atoms with Gasteiger partial charge in [0.05, 0.1) is 0 Å². The van der Waals surface area contributed by atoms with E-state index in [9.17, 15) is 25.3 Å². The number of hydrogen-bond acceptors (Lipinski definition) is 6. The lowest BCUT2D eigenvalue weighted by atomic mass is 15.9. The summed E-state index contributed by atoms with van der Waals surface area (Å²) < 4.78 is 66.1. The maximum absolute atomic E-state index is 9.92. The molecule has 0 bridgehead atoms. The van der Waals surface area contributed by atoms with Crippen LogP contribution in [0.15, 0.2) is 0 Å². The van der Waals surface area contributed by atoms with Gasteiger partial charge in [-0.05, 0) is 0 Å². The SMILES string of the molecule is O=[SH](=O)S(=O)(=O)S(=O)(=O)O. The molecule has 0 aromatic carbocycles. The van der Waals surface area contributed by atoms with E-state index in [-0.39, 0.29) is 0 Å². The lowest BCUT2D eigenvalue weighted by Crippen LogP contribution is -2.14. The standard InChI is InChI=1S/H2O7S3/c1-8(2)10(6,7)9(3,4)5/h8H,(H,3,4,5). The first-order valence-electron chi connectivity index (χ1n) is 1.56. The fourth-order valence-electron chi connectivity index (χ4n) is 0.0769. The van der Waals surface area contributed by atoms with Gasteiger partial charge in [-0.2, -0.15) is 16.8 Å². The van der Waals surface area contributed by atoms with Gasteiger partial charge in [0.15, 0.2) is 0 Å². The minimum absolute atomic E-state index is 4.20. The largest absolute Gasteiger partial charge is 0.386 e. The monoisotopic (exact) mass is 210 g/mol. The van der Waals surface area contributed by atoms with Crippen molar-refractivity contribution in [2.45, 2.75) is 0 Å². The normalized spacial score (nSPS) is 13.8. The summed E-state index contributed by atoms with van der Waals surface area (Å²) in [4.78, 5) is 0. The summed E-state index contributed by atoms with van der Waals surface area (Å²) in [5, 5.41) is 0. The van der Waals surface area contributed by atoms with Crippen molar-refractivity contribution in [3.05, 3.63) is 0 Å². The van der Waals surface area contributed by atoms with E-state index in [1.165, 1.54) is 0 Å². The molecule has 0 amide bonds. The molecule has 0 aliphatic rings. The van der Waals surface area contributed by atoms with Crippen LogP contribution in [-0.2, 0) is 26.8 Å². The molecule has 0 heterocycles. The summed E-state index contributed by atoms with van der Waals surface area (Å²) in [5.41, 5.74) is 0. The minimum Gasteiger partial charge on any atom is -0.273 e. The Morgan fingerprint density at radius 2 is 1.30 bits per heavy atom. The van der Waals surface area contributed by atoms with Crippen LogP contribution in [0.2, 0.25) is 0 Å². The van der Waals surface area contributed by atoms with Gasteiger partial charge in [0.25, 0.3) is 9.74 Å². The molecule has 0 saturated heterocycles. The van der Waals surface area contributed by atoms with Crippen molar-refractivity contribution in [3.8, 4) is 0 Å². The Hall–Kier alpha value is -0.190. The molecule has 0 aromatic rings. The zero-order chi connectivity index (χ0) is 8.58. The van der Waals surface area contributed by atoms with Crippen LogP contribution in [0.1, 0.15) is 0 Å². The highest BCUT2D eigenvalue weighted by molar-refractivity contribution is 8.94. The molecule has 62 valence electrons. The smallest absolute Gasteiger partial charge is 0.273 e. The van der Waals surface area contributed by atoms with E-state index in [1.54, 1.807) is 0 Å². The average molecular weight is 210 g/mol. The van der Waals surface area contributed by atoms with Crippen molar-refractivity contribution in [1.82, 2.24) is 0 Å². The molecular formula is H2O7S3. The van der Waals surface area contributed by atoms with Crippen molar-refractivity contribution in [1.29, 1.82) is 0 Å². The summed E-state index contributed by atoms with van der Waals surface area (Å²) in [7, 11) is -15.2. The van der Waals surface area contributed by atoms with E-state index >= 15 is 0 Å². The molecule has 0 spiro atoms. The average Bonchev–Trinajstić information content (AvgIpc) is 1.62. The molecule has 0 fully saturated rings.